The lowest BCUT2D eigenvalue weighted by Gasteiger charge is -2.22. The third-order valence-corrected chi connectivity index (χ3v) is 4.88. The summed E-state index contributed by atoms with van der Waals surface area (Å²) in [5.74, 6) is 3.75. The van der Waals surface area contributed by atoms with E-state index in [1.807, 2.05) is 6.07 Å². The molecule has 1 aliphatic rings. The van der Waals surface area contributed by atoms with Crippen LogP contribution in [0, 0.1) is 5.92 Å². The lowest BCUT2D eigenvalue weighted by Crippen LogP contribution is -2.19. The summed E-state index contributed by atoms with van der Waals surface area (Å²) in [5, 5.41) is 3.56. The first-order chi connectivity index (χ1) is 13.0. The monoisotopic (exact) mass is 369 g/mol. The van der Waals surface area contributed by atoms with E-state index in [4.69, 9.17) is 14.2 Å². The van der Waals surface area contributed by atoms with E-state index >= 15 is 0 Å². The minimum absolute atomic E-state index is 0.206. The van der Waals surface area contributed by atoms with Crippen LogP contribution >= 0.6 is 0 Å². The Bertz CT molecular complexity index is 725. The van der Waals surface area contributed by atoms with Crippen molar-refractivity contribution >= 4 is 0 Å². The summed E-state index contributed by atoms with van der Waals surface area (Å²) >= 11 is 0. The molecule has 27 heavy (non-hydrogen) atoms. The zero-order chi connectivity index (χ0) is 19.2. The Morgan fingerprint density at radius 1 is 0.963 bits per heavy atom. The number of fused-ring (bicyclic) bond motifs is 1. The molecule has 0 radical (unpaired) electrons. The highest BCUT2D eigenvalue weighted by molar-refractivity contribution is 5.44. The molecule has 0 aromatic heterocycles. The molecule has 0 spiro atoms. The van der Waals surface area contributed by atoms with Crippen LogP contribution in [0.25, 0.3) is 0 Å². The Morgan fingerprint density at radius 2 is 1.70 bits per heavy atom. The highest BCUT2D eigenvalue weighted by atomic mass is 16.7. The predicted molar refractivity (Wildman–Crippen MR) is 109 cm³/mol. The number of rotatable bonds is 9. The van der Waals surface area contributed by atoms with Gasteiger partial charge >= 0.3 is 0 Å². The summed E-state index contributed by atoms with van der Waals surface area (Å²) in [7, 11) is 0. The summed E-state index contributed by atoms with van der Waals surface area (Å²) in [6.07, 6.45) is 1.31. The predicted octanol–water partition coefficient (Wildman–Crippen LogP) is 5.12. The van der Waals surface area contributed by atoms with Gasteiger partial charge in [-0.15, -0.1) is 0 Å². The molecule has 0 aliphatic carbocycles. The molecule has 2 aromatic rings. The first-order valence-electron chi connectivity index (χ1n) is 9.89. The quantitative estimate of drug-likeness (QED) is 0.623. The molecule has 0 fully saturated rings. The van der Waals surface area contributed by atoms with Gasteiger partial charge in [-0.1, -0.05) is 32.0 Å². The summed E-state index contributed by atoms with van der Waals surface area (Å²) in [6, 6.07) is 14.7. The zero-order valence-corrected chi connectivity index (χ0v) is 16.8. The molecular formula is C23H31NO3. The van der Waals surface area contributed by atoms with E-state index < -0.39 is 0 Å². The van der Waals surface area contributed by atoms with Gasteiger partial charge in [-0.3, -0.25) is 0 Å². The van der Waals surface area contributed by atoms with Gasteiger partial charge in [0.2, 0.25) is 6.79 Å². The molecule has 1 atom stereocenters. The second-order valence-corrected chi connectivity index (χ2v) is 7.74. The number of benzene rings is 2. The molecule has 1 aliphatic heterocycles. The maximum Gasteiger partial charge on any atom is 0.231 e. The number of ether oxygens (including phenoxy) is 3. The maximum atomic E-state index is 5.76. The van der Waals surface area contributed by atoms with Crippen molar-refractivity contribution in [3.63, 3.8) is 0 Å². The summed E-state index contributed by atoms with van der Waals surface area (Å²) in [5.41, 5.74) is 2.60. The van der Waals surface area contributed by atoms with Crippen molar-refractivity contribution in [2.24, 2.45) is 5.92 Å². The van der Waals surface area contributed by atoms with Crippen LogP contribution in [0.2, 0.25) is 0 Å². The van der Waals surface area contributed by atoms with Gasteiger partial charge < -0.3 is 19.5 Å². The van der Waals surface area contributed by atoms with Crippen LogP contribution in [0.1, 0.15) is 51.2 Å². The molecule has 146 valence electrons. The first-order valence-corrected chi connectivity index (χ1v) is 9.89. The van der Waals surface area contributed by atoms with Crippen molar-refractivity contribution in [1.82, 2.24) is 5.32 Å². The molecule has 0 bridgehead atoms. The Kier molecular flexibility index (Phi) is 6.62. The van der Waals surface area contributed by atoms with Gasteiger partial charge in [0.1, 0.15) is 5.75 Å². The molecule has 2 aromatic carbocycles. The smallest absolute Gasteiger partial charge is 0.231 e. The fourth-order valence-electron chi connectivity index (χ4n) is 3.49. The Balaban J connectivity index is 1.51. The maximum absolute atomic E-state index is 5.76. The van der Waals surface area contributed by atoms with Crippen LogP contribution in [0.15, 0.2) is 42.5 Å². The van der Waals surface area contributed by atoms with Gasteiger partial charge in [0.05, 0.1) is 6.10 Å². The summed E-state index contributed by atoms with van der Waals surface area (Å²) < 4.78 is 16.6. The fraction of sp³-hybridized carbons (Fsp3) is 0.478. The topological polar surface area (TPSA) is 39.7 Å². The average Bonchev–Trinajstić information content (AvgIpc) is 3.09. The van der Waals surface area contributed by atoms with Crippen LogP contribution in [0.5, 0.6) is 17.2 Å². The van der Waals surface area contributed by atoms with Gasteiger partial charge in [-0.05, 0) is 74.0 Å². The van der Waals surface area contributed by atoms with E-state index in [1.165, 1.54) is 11.1 Å². The summed E-state index contributed by atoms with van der Waals surface area (Å²) in [6.45, 7) is 10.8. The molecule has 0 saturated heterocycles. The van der Waals surface area contributed by atoms with E-state index in [9.17, 15) is 0 Å². The molecule has 0 amide bonds. The second kappa shape index (κ2) is 9.14. The van der Waals surface area contributed by atoms with Gasteiger partial charge in [-0.2, -0.15) is 0 Å². The second-order valence-electron chi connectivity index (χ2n) is 7.74. The van der Waals surface area contributed by atoms with E-state index in [0.29, 0.717) is 18.6 Å². The van der Waals surface area contributed by atoms with Crippen molar-refractivity contribution in [2.45, 2.75) is 52.7 Å². The molecule has 4 heteroatoms. The lowest BCUT2D eigenvalue weighted by atomic mass is 9.86. The van der Waals surface area contributed by atoms with E-state index in [-0.39, 0.29) is 6.10 Å². The number of hydrogen-bond donors (Lipinski definition) is 1. The van der Waals surface area contributed by atoms with Crippen LogP contribution in [-0.4, -0.2) is 19.4 Å². The van der Waals surface area contributed by atoms with Crippen molar-refractivity contribution in [3.05, 3.63) is 53.6 Å². The van der Waals surface area contributed by atoms with Crippen LogP contribution in [0.4, 0.5) is 0 Å². The van der Waals surface area contributed by atoms with Crippen LogP contribution < -0.4 is 19.5 Å². The lowest BCUT2D eigenvalue weighted by molar-refractivity contribution is 0.174. The van der Waals surface area contributed by atoms with E-state index in [1.54, 1.807) is 0 Å². The highest BCUT2D eigenvalue weighted by Gasteiger charge is 2.16. The third-order valence-electron chi connectivity index (χ3n) is 4.88. The largest absolute Gasteiger partial charge is 0.491 e. The molecule has 4 nitrogen and oxygen atoms in total. The zero-order valence-electron chi connectivity index (χ0n) is 16.8. The molecule has 1 heterocycles. The molecule has 0 saturated carbocycles. The SMILES string of the molecule is CC(C)Oc1ccc([C@@H](CCNCc2ccc3c(c2)OCO3)C(C)C)cc1. The van der Waals surface area contributed by atoms with Crippen molar-refractivity contribution in [1.29, 1.82) is 0 Å². The minimum Gasteiger partial charge on any atom is -0.491 e. The van der Waals surface area contributed by atoms with E-state index in [2.05, 4.69) is 69.4 Å². The Hall–Kier alpha value is -2.20. The molecule has 0 unspecified atom stereocenters. The molecule has 1 N–H and O–H groups in total. The van der Waals surface area contributed by atoms with Gasteiger partial charge in [-0.25, -0.2) is 0 Å². The standard InChI is InChI=1S/C23H31NO3/c1-16(2)21(19-6-8-20(9-7-19)27-17(3)4)11-12-24-14-18-5-10-22-23(13-18)26-15-25-22/h5-10,13,16-17,21,24H,11-12,14-15H2,1-4H3/t21-/m0/s1. The van der Waals surface area contributed by atoms with Gasteiger partial charge in [0.25, 0.3) is 0 Å². The Morgan fingerprint density at radius 3 is 2.41 bits per heavy atom. The fourth-order valence-corrected chi connectivity index (χ4v) is 3.49. The van der Waals surface area contributed by atoms with Gasteiger partial charge in [0, 0.05) is 6.54 Å². The number of hydrogen-bond acceptors (Lipinski definition) is 4. The average molecular weight is 370 g/mol. The normalized spacial score (nSPS) is 14.0. The van der Waals surface area contributed by atoms with Crippen molar-refractivity contribution < 1.29 is 14.2 Å². The molecule has 3 rings (SSSR count). The Labute approximate surface area is 162 Å². The van der Waals surface area contributed by atoms with E-state index in [0.717, 1.165) is 36.8 Å². The van der Waals surface area contributed by atoms with Crippen molar-refractivity contribution in [3.8, 4) is 17.2 Å². The summed E-state index contributed by atoms with van der Waals surface area (Å²) in [4.78, 5) is 0. The molecular weight excluding hydrogens is 338 g/mol. The number of nitrogens with one attached hydrogen (secondary N) is 1. The van der Waals surface area contributed by atoms with Crippen LogP contribution in [0.3, 0.4) is 0 Å². The van der Waals surface area contributed by atoms with Gasteiger partial charge in [0.15, 0.2) is 11.5 Å². The third kappa shape index (κ3) is 5.39. The van der Waals surface area contributed by atoms with Crippen molar-refractivity contribution in [2.75, 3.05) is 13.3 Å². The minimum atomic E-state index is 0.206. The first kappa shape index (κ1) is 19.6. The van der Waals surface area contributed by atoms with Crippen LogP contribution in [-0.2, 0) is 6.54 Å². The highest BCUT2D eigenvalue weighted by Crippen LogP contribution is 2.32.